The summed E-state index contributed by atoms with van der Waals surface area (Å²) in [4.78, 5) is 15.1. The third-order valence-electron chi connectivity index (χ3n) is 5.30. The first-order valence-electron chi connectivity index (χ1n) is 10.2. The Morgan fingerprint density at radius 1 is 1.07 bits per heavy atom. The van der Waals surface area contributed by atoms with E-state index in [2.05, 4.69) is 5.32 Å². The van der Waals surface area contributed by atoms with Crippen molar-refractivity contribution in [3.8, 4) is 5.75 Å². The van der Waals surface area contributed by atoms with E-state index in [1.54, 1.807) is 24.3 Å². The Balaban J connectivity index is 1.60. The van der Waals surface area contributed by atoms with Crippen molar-refractivity contribution in [2.45, 2.75) is 31.7 Å². The Morgan fingerprint density at radius 3 is 2.33 bits per heavy atom. The monoisotopic (exact) mass is 431 g/mol. The van der Waals surface area contributed by atoms with E-state index >= 15 is 0 Å². The lowest BCUT2D eigenvalue weighted by molar-refractivity contribution is -0.121. The molecule has 0 aromatic heterocycles. The highest BCUT2D eigenvalue weighted by molar-refractivity contribution is 7.89. The predicted octanol–water partition coefficient (Wildman–Crippen LogP) is 2.73. The van der Waals surface area contributed by atoms with Crippen molar-refractivity contribution in [2.24, 2.45) is 0 Å². The van der Waals surface area contributed by atoms with Gasteiger partial charge < -0.3 is 10.1 Å². The molecule has 3 rings (SSSR count). The quantitative estimate of drug-likeness (QED) is 0.729. The van der Waals surface area contributed by atoms with Crippen LogP contribution in [0.25, 0.3) is 0 Å². The predicted molar refractivity (Wildman–Crippen MR) is 117 cm³/mol. The number of nitrogens with one attached hydrogen (secondary N) is 1. The third kappa shape index (κ3) is 5.00. The minimum atomic E-state index is -3.52. The number of amides is 1. The Hall–Kier alpha value is -2.42. The molecule has 1 saturated heterocycles. The highest BCUT2D eigenvalue weighted by Crippen LogP contribution is 2.24. The molecule has 0 saturated carbocycles. The molecule has 1 unspecified atom stereocenters. The van der Waals surface area contributed by atoms with Crippen LogP contribution in [0.1, 0.15) is 19.4 Å². The zero-order chi connectivity index (χ0) is 21.7. The van der Waals surface area contributed by atoms with Gasteiger partial charge in [-0.3, -0.25) is 9.69 Å². The zero-order valence-electron chi connectivity index (χ0n) is 17.7. The van der Waals surface area contributed by atoms with Gasteiger partial charge in [0.2, 0.25) is 15.9 Å². The Bertz CT molecular complexity index is 968. The number of piperazine rings is 1. The van der Waals surface area contributed by atoms with Crippen LogP contribution in [-0.2, 0) is 14.8 Å². The first kappa shape index (κ1) is 22.3. The maximum atomic E-state index is 12.9. The fourth-order valence-corrected chi connectivity index (χ4v) is 4.87. The summed E-state index contributed by atoms with van der Waals surface area (Å²) in [7, 11) is -3.52. The fourth-order valence-electron chi connectivity index (χ4n) is 3.44. The number of carbonyl (C=O) groups is 1. The van der Waals surface area contributed by atoms with Gasteiger partial charge in [0, 0.05) is 26.2 Å². The van der Waals surface area contributed by atoms with E-state index in [0.29, 0.717) is 49.1 Å². The molecular formula is C22H29N3O4S. The minimum absolute atomic E-state index is 0.142. The van der Waals surface area contributed by atoms with Crippen LogP contribution < -0.4 is 10.1 Å². The molecule has 7 nitrogen and oxygen atoms in total. The summed E-state index contributed by atoms with van der Waals surface area (Å²) in [5, 5.41) is 2.93. The van der Waals surface area contributed by atoms with Crippen molar-refractivity contribution in [1.82, 2.24) is 9.21 Å². The summed E-state index contributed by atoms with van der Waals surface area (Å²) in [5.74, 6) is 0.492. The molecule has 1 aliphatic heterocycles. The molecule has 0 aliphatic carbocycles. The van der Waals surface area contributed by atoms with Crippen LogP contribution in [0.15, 0.2) is 53.4 Å². The number of carbonyl (C=O) groups excluding carboxylic acids is 1. The fraction of sp³-hybridized carbons (Fsp3) is 0.409. The molecule has 0 radical (unpaired) electrons. The molecule has 1 aliphatic rings. The number of benzene rings is 2. The molecule has 1 atom stereocenters. The maximum Gasteiger partial charge on any atom is 0.243 e. The van der Waals surface area contributed by atoms with Crippen molar-refractivity contribution in [1.29, 1.82) is 0 Å². The van der Waals surface area contributed by atoms with Crippen LogP contribution in [0.4, 0.5) is 5.69 Å². The summed E-state index contributed by atoms with van der Waals surface area (Å²) in [6.45, 7) is 7.86. The topological polar surface area (TPSA) is 79.0 Å². The number of anilines is 1. The van der Waals surface area contributed by atoms with Gasteiger partial charge in [0.25, 0.3) is 0 Å². The lowest BCUT2D eigenvalue weighted by Crippen LogP contribution is -2.53. The van der Waals surface area contributed by atoms with E-state index in [4.69, 9.17) is 4.74 Å². The second-order valence-corrected chi connectivity index (χ2v) is 9.29. The molecule has 8 heteroatoms. The van der Waals surface area contributed by atoms with Crippen molar-refractivity contribution in [3.63, 3.8) is 0 Å². The molecule has 0 spiro atoms. The lowest BCUT2D eigenvalue weighted by atomic mass is 10.2. The molecule has 162 valence electrons. The van der Waals surface area contributed by atoms with Crippen LogP contribution in [0.3, 0.4) is 0 Å². The highest BCUT2D eigenvalue weighted by Gasteiger charge is 2.32. The first-order chi connectivity index (χ1) is 14.3. The Labute approximate surface area is 178 Å². The van der Waals surface area contributed by atoms with Crippen LogP contribution in [0.2, 0.25) is 0 Å². The summed E-state index contributed by atoms with van der Waals surface area (Å²) in [6, 6.07) is 13.8. The normalized spacial score (nSPS) is 16.8. The molecule has 1 heterocycles. The number of aryl methyl sites for hydroxylation is 1. The average Bonchev–Trinajstić information content (AvgIpc) is 2.75. The number of rotatable bonds is 7. The Morgan fingerprint density at radius 2 is 1.70 bits per heavy atom. The van der Waals surface area contributed by atoms with E-state index < -0.39 is 10.0 Å². The number of nitrogens with zero attached hydrogens (tertiary/aromatic N) is 2. The molecule has 2 aromatic carbocycles. The molecule has 2 aromatic rings. The van der Waals surface area contributed by atoms with Crippen molar-refractivity contribution < 1.29 is 17.9 Å². The van der Waals surface area contributed by atoms with Crippen molar-refractivity contribution in [3.05, 3.63) is 54.1 Å². The molecular weight excluding hydrogens is 402 g/mol. The largest absolute Gasteiger partial charge is 0.492 e. The highest BCUT2D eigenvalue weighted by atomic mass is 32.2. The zero-order valence-corrected chi connectivity index (χ0v) is 18.5. The second-order valence-electron chi connectivity index (χ2n) is 7.35. The maximum absolute atomic E-state index is 12.9. The van der Waals surface area contributed by atoms with Crippen molar-refractivity contribution >= 4 is 21.6 Å². The van der Waals surface area contributed by atoms with E-state index in [9.17, 15) is 13.2 Å². The van der Waals surface area contributed by atoms with Crippen LogP contribution >= 0.6 is 0 Å². The minimum Gasteiger partial charge on any atom is -0.492 e. The van der Waals surface area contributed by atoms with Gasteiger partial charge in [0.05, 0.1) is 23.2 Å². The van der Waals surface area contributed by atoms with Gasteiger partial charge in [-0.05, 0) is 45.0 Å². The standard InChI is InChI=1S/C22H29N3O4S/c1-4-29-21-8-6-5-7-20(21)23-22(26)18(3)24-13-15-25(16-14-24)30(27,28)19-11-9-17(2)10-12-19/h5-12,18H,4,13-16H2,1-3H3,(H,23,26). The van der Waals surface area contributed by atoms with Gasteiger partial charge in [-0.25, -0.2) is 8.42 Å². The summed E-state index contributed by atoms with van der Waals surface area (Å²) in [6.07, 6.45) is 0. The first-order valence-corrected chi connectivity index (χ1v) is 11.6. The second kappa shape index (κ2) is 9.59. The van der Waals surface area contributed by atoms with Crippen LogP contribution in [0.5, 0.6) is 5.75 Å². The van der Waals surface area contributed by atoms with Gasteiger partial charge in [0.1, 0.15) is 5.75 Å². The van der Waals surface area contributed by atoms with E-state index in [1.165, 1.54) is 4.31 Å². The van der Waals surface area contributed by atoms with Gasteiger partial charge in [0.15, 0.2) is 0 Å². The smallest absolute Gasteiger partial charge is 0.243 e. The van der Waals surface area contributed by atoms with Gasteiger partial charge in [-0.15, -0.1) is 0 Å². The van der Waals surface area contributed by atoms with E-state index in [-0.39, 0.29) is 11.9 Å². The summed E-state index contributed by atoms with van der Waals surface area (Å²) < 4.78 is 32.8. The van der Waals surface area contributed by atoms with Gasteiger partial charge in [-0.1, -0.05) is 29.8 Å². The summed E-state index contributed by atoms with van der Waals surface area (Å²) >= 11 is 0. The van der Waals surface area contributed by atoms with E-state index in [1.807, 2.05) is 49.9 Å². The van der Waals surface area contributed by atoms with Gasteiger partial charge in [-0.2, -0.15) is 4.31 Å². The van der Waals surface area contributed by atoms with Crippen LogP contribution in [0, 0.1) is 6.92 Å². The van der Waals surface area contributed by atoms with Gasteiger partial charge >= 0.3 is 0 Å². The lowest BCUT2D eigenvalue weighted by Gasteiger charge is -2.36. The molecule has 1 N–H and O–H groups in total. The molecule has 30 heavy (non-hydrogen) atoms. The number of para-hydroxylation sites is 2. The number of ether oxygens (including phenoxy) is 1. The SMILES string of the molecule is CCOc1ccccc1NC(=O)C(C)N1CCN(S(=O)(=O)c2ccc(C)cc2)CC1. The molecule has 1 amide bonds. The average molecular weight is 432 g/mol. The Kier molecular flexibility index (Phi) is 7.12. The van der Waals surface area contributed by atoms with E-state index in [0.717, 1.165) is 5.56 Å². The van der Waals surface area contributed by atoms with Crippen molar-refractivity contribution in [2.75, 3.05) is 38.1 Å². The van der Waals surface area contributed by atoms with Crippen LogP contribution in [-0.4, -0.2) is 62.4 Å². The third-order valence-corrected chi connectivity index (χ3v) is 7.22. The number of sulfonamides is 1. The molecule has 1 fully saturated rings. The number of hydrogen-bond acceptors (Lipinski definition) is 5. The molecule has 0 bridgehead atoms. The summed E-state index contributed by atoms with van der Waals surface area (Å²) in [5.41, 5.74) is 1.65. The number of hydrogen-bond donors (Lipinski definition) is 1.